The summed E-state index contributed by atoms with van der Waals surface area (Å²) in [7, 11) is 1.62. The van der Waals surface area contributed by atoms with Gasteiger partial charge >= 0.3 is 0 Å². The number of allylic oxidation sites excluding steroid dienone is 1. The zero-order chi connectivity index (χ0) is 26.9. The van der Waals surface area contributed by atoms with Gasteiger partial charge in [0.05, 0.1) is 24.3 Å². The molecule has 0 aromatic heterocycles. The molecule has 1 saturated heterocycles. The minimum atomic E-state index is -0.172. The summed E-state index contributed by atoms with van der Waals surface area (Å²) in [5, 5.41) is 0. The Labute approximate surface area is 232 Å². The van der Waals surface area contributed by atoms with Crippen molar-refractivity contribution < 1.29 is 23.7 Å². The SMILES string of the molecule is C=CCc1ccc(OCCOc2ccccc2/C=C2\SC(=S)N(c3ccc(OCC)cc3)C2=O)c(OC)c1. The Bertz CT molecular complexity index is 1340. The van der Waals surface area contributed by atoms with Crippen molar-refractivity contribution >= 4 is 46.0 Å². The minimum Gasteiger partial charge on any atom is -0.494 e. The molecule has 3 aromatic rings. The molecule has 0 N–H and O–H groups in total. The molecule has 1 heterocycles. The number of rotatable bonds is 12. The molecule has 3 aromatic carbocycles. The van der Waals surface area contributed by atoms with Gasteiger partial charge in [-0.3, -0.25) is 9.69 Å². The molecule has 1 aliphatic rings. The van der Waals surface area contributed by atoms with E-state index in [9.17, 15) is 4.79 Å². The van der Waals surface area contributed by atoms with E-state index in [-0.39, 0.29) is 5.91 Å². The van der Waals surface area contributed by atoms with E-state index in [1.54, 1.807) is 7.11 Å². The van der Waals surface area contributed by atoms with Gasteiger partial charge < -0.3 is 18.9 Å². The van der Waals surface area contributed by atoms with Gasteiger partial charge in [0, 0.05) is 5.56 Å². The molecule has 6 nitrogen and oxygen atoms in total. The Balaban J connectivity index is 1.41. The number of amides is 1. The first-order valence-electron chi connectivity index (χ1n) is 12.2. The maximum atomic E-state index is 13.2. The summed E-state index contributed by atoms with van der Waals surface area (Å²) >= 11 is 6.78. The Hall–Kier alpha value is -3.75. The third-order valence-electron chi connectivity index (χ3n) is 5.61. The monoisotopic (exact) mass is 547 g/mol. The van der Waals surface area contributed by atoms with E-state index in [4.69, 9.17) is 31.2 Å². The topological polar surface area (TPSA) is 57.2 Å². The van der Waals surface area contributed by atoms with Crippen molar-refractivity contribution in [3.63, 3.8) is 0 Å². The summed E-state index contributed by atoms with van der Waals surface area (Å²) < 4.78 is 23.3. The van der Waals surface area contributed by atoms with Gasteiger partial charge in [-0.2, -0.15) is 0 Å². The van der Waals surface area contributed by atoms with E-state index in [0.717, 1.165) is 23.3 Å². The number of anilines is 1. The molecule has 1 aliphatic heterocycles. The normalized spacial score (nSPS) is 14.1. The van der Waals surface area contributed by atoms with Crippen LogP contribution in [0.4, 0.5) is 5.69 Å². The number of carbonyl (C=O) groups excluding carboxylic acids is 1. The van der Waals surface area contributed by atoms with Gasteiger partial charge in [0.2, 0.25) is 0 Å². The molecule has 196 valence electrons. The fourth-order valence-electron chi connectivity index (χ4n) is 3.85. The molecule has 0 spiro atoms. The summed E-state index contributed by atoms with van der Waals surface area (Å²) in [4.78, 5) is 15.3. The Kier molecular flexibility index (Phi) is 9.46. The van der Waals surface area contributed by atoms with E-state index < -0.39 is 0 Å². The maximum Gasteiger partial charge on any atom is 0.270 e. The zero-order valence-electron chi connectivity index (χ0n) is 21.3. The lowest BCUT2D eigenvalue weighted by molar-refractivity contribution is -0.113. The average molecular weight is 548 g/mol. The summed E-state index contributed by atoms with van der Waals surface area (Å²) in [5.41, 5.74) is 2.59. The van der Waals surface area contributed by atoms with Crippen molar-refractivity contribution in [1.82, 2.24) is 0 Å². The molecule has 0 saturated carbocycles. The van der Waals surface area contributed by atoms with E-state index in [1.165, 1.54) is 16.7 Å². The quantitative estimate of drug-likeness (QED) is 0.108. The first-order valence-corrected chi connectivity index (χ1v) is 13.4. The van der Waals surface area contributed by atoms with Crippen molar-refractivity contribution in [3.8, 4) is 23.0 Å². The third kappa shape index (κ3) is 6.57. The van der Waals surface area contributed by atoms with Crippen LogP contribution in [-0.2, 0) is 11.2 Å². The number of thiocarbonyl (C=S) groups is 1. The van der Waals surface area contributed by atoms with Gasteiger partial charge in [-0.05, 0) is 67.4 Å². The summed E-state index contributed by atoms with van der Waals surface area (Å²) in [6, 6.07) is 20.7. The van der Waals surface area contributed by atoms with Gasteiger partial charge in [0.25, 0.3) is 5.91 Å². The van der Waals surface area contributed by atoms with Gasteiger partial charge in [-0.25, -0.2) is 0 Å². The first kappa shape index (κ1) is 27.3. The molecule has 0 unspecified atom stereocenters. The number of benzene rings is 3. The van der Waals surface area contributed by atoms with Crippen molar-refractivity contribution in [3.05, 3.63) is 95.4 Å². The van der Waals surface area contributed by atoms with Crippen LogP contribution in [0, 0.1) is 0 Å². The number of hydrogen-bond acceptors (Lipinski definition) is 7. The lowest BCUT2D eigenvalue weighted by Crippen LogP contribution is -2.27. The smallest absolute Gasteiger partial charge is 0.270 e. The number of methoxy groups -OCH3 is 1. The molecule has 0 bridgehead atoms. The molecule has 4 rings (SSSR count). The number of carbonyl (C=O) groups is 1. The van der Waals surface area contributed by atoms with E-state index in [0.29, 0.717) is 52.0 Å². The van der Waals surface area contributed by atoms with Crippen LogP contribution < -0.4 is 23.8 Å². The van der Waals surface area contributed by atoms with Crippen LogP contribution in [-0.4, -0.2) is 37.2 Å². The highest BCUT2D eigenvalue weighted by Gasteiger charge is 2.33. The second kappa shape index (κ2) is 13.2. The van der Waals surface area contributed by atoms with Crippen LogP contribution >= 0.6 is 24.0 Å². The van der Waals surface area contributed by atoms with E-state index in [2.05, 4.69) is 6.58 Å². The highest BCUT2D eigenvalue weighted by molar-refractivity contribution is 8.27. The van der Waals surface area contributed by atoms with Gasteiger partial charge in [-0.15, -0.1) is 6.58 Å². The number of ether oxygens (including phenoxy) is 4. The largest absolute Gasteiger partial charge is 0.494 e. The van der Waals surface area contributed by atoms with Gasteiger partial charge in [0.15, 0.2) is 15.8 Å². The summed E-state index contributed by atoms with van der Waals surface area (Å²) in [5.74, 6) is 2.54. The van der Waals surface area contributed by atoms with Crippen LogP contribution in [0.2, 0.25) is 0 Å². The van der Waals surface area contributed by atoms with Crippen LogP contribution in [0.15, 0.2) is 84.3 Å². The van der Waals surface area contributed by atoms with Crippen LogP contribution in [0.25, 0.3) is 6.08 Å². The van der Waals surface area contributed by atoms with Crippen molar-refractivity contribution in [2.24, 2.45) is 0 Å². The number of nitrogens with zero attached hydrogens (tertiary/aromatic N) is 1. The van der Waals surface area contributed by atoms with Crippen LogP contribution in [0.3, 0.4) is 0 Å². The Morgan fingerprint density at radius 2 is 1.68 bits per heavy atom. The predicted molar refractivity (Wildman–Crippen MR) is 158 cm³/mol. The molecule has 38 heavy (non-hydrogen) atoms. The molecule has 0 aliphatic carbocycles. The predicted octanol–water partition coefficient (Wildman–Crippen LogP) is 6.69. The van der Waals surface area contributed by atoms with Crippen molar-refractivity contribution in [2.75, 3.05) is 31.8 Å². The molecule has 0 atom stereocenters. The molecule has 8 heteroatoms. The zero-order valence-corrected chi connectivity index (χ0v) is 23.0. The summed E-state index contributed by atoms with van der Waals surface area (Å²) in [6.07, 6.45) is 4.42. The molecular weight excluding hydrogens is 518 g/mol. The lowest BCUT2D eigenvalue weighted by atomic mass is 10.1. The van der Waals surface area contributed by atoms with Crippen molar-refractivity contribution in [2.45, 2.75) is 13.3 Å². The van der Waals surface area contributed by atoms with Crippen LogP contribution in [0.1, 0.15) is 18.1 Å². The van der Waals surface area contributed by atoms with Gasteiger partial charge in [-0.1, -0.05) is 54.3 Å². The highest BCUT2D eigenvalue weighted by Crippen LogP contribution is 2.37. The van der Waals surface area contributed by atoms with E-state index in [1.807, 2.05) is 85.8 Å². The number of para-hydroxylation sites is 1. The number of hydrogen-bond donors (Lipinski definition) is 0. The molecule has 1 amide bonds. The molecular formula is C30H29NO5S2. The minimum absolute atomic E-state index is 0.172. The third-order valence-corrected chi connectivity index (χ3v) is 6.91. The Morgan fingerprint density at radius 3 is 2.39 bits per heavy atom. The first-order chi connectivity index (χ1) is 18.5. The van der Waals surface area contributed by atoms with E-state index >= 15 is 0 Å². The average Bonchev–Trinajstić information content (AvgIpc) is 3.21. The van der Waals surface area contributed by atoms with Crippen LogP contribution in [0.5, 0.6) is 23.0 Å². The number of thioether (sulfide) groups is 1. The fourth-order valence-corrected chi connectivity index (χ4v) is 5.14. The van der Waals surface area contributed by atoms with Crippen molar-refractivity contribution in [1.29, 1.82) is 0 Å². The molecule has 1 fully saturated rings. The standard InChI is InChI=1S/C30H29NO5S2/c1-4-8-21-11-16-26(27(19-21)33-3)36-18-17-35-25-10-7-6-9-22(25)20-28-29(32)31(30(37)38-28)23-12-14-24(15-13-23)34-5-2/h4,6-7,9-16,19-20H,1,5,8,17-18H2,2-3H3/b28-20-. The second-order valence-corrected chi connectivity index (χ2v) is 9.83. The Morgan fingerprint density at radius 1 is 0.947 bits per heavy atom. The molecule has 0 radical (unpaired) electrons. The van der Waals surface area contributed by atoms with Gasteiger partial charge in [0.1, 0.15) is 24.7 Å². The highest BCUT2D eigenvalue weighted by atomic mass is 32.2. The second-order valence-electron chi connectivity index (χ2n) is 8.16. The maximum absolute atomic E-state index is 13.2. The lowest BCUT2D eigenvalue weighted by Gasteiger charge is -2.15. The fraction of sp³-hybridized carbons (Fsp3) is 0.200. The summed E-state index contributed by atoms with van der Waals surface area (Å²) in [6.45, 7) is 6.91.